The van der Waals surface area contributed by atoms with Gasteiger partial charge in [-0.25, -0.2) is 0 Å². The molecule has 1 amide bonds. The Morgan fingerprint density at radius 1 is 1.14 bits per heavy atom. The first-order valence-corrected chi connectivity index (χ1v) is 9.00. The second-order valence-corrected chi connectivity index (χ2v) is 7.71. The molecule has 3 unspecified atom stereocenters. The number of aromatic hydroxyl groups is 1. The number of hydrogen-bond acceptors (Lipinski definition) is 7. The van der Waals surface area contributed by atoms with Gasteiger partial charge in [-0.15, -0.1) is 0 Å². The van der Waals surface area contributed by atoms with E-state index in [2.05, 4.69) is 0 Å². The van der Waals surface area contributed by atoms with E-state index in [0.29, 0.717) is 24.1 Å². The zero-order chi connectivity index (χ0) is 20.5. The molecule has 0 heterocycles. The smallest absolute Gasteiger partial charge is 0.255 e. The summed E-state index contributed by atoms with van der Waals surface area (Å²) in [6, 6.07) is 2.86. The fourth-order valence-electron chi connectivity index (χ4n) is 4.92. The van der Waals surface area contributed by atoms with Gasteiger partial charge in [-0.05, 0) is 42.4 Å². The van der Waals surface area contributed by atoms with Gasteiger partial charge in [0.25, 0.3) is 5.91 Å². The number of phenolic OH excluding ortho intramolecular Hbond substituents is 1. The Labute approximate surface area is 160 Å². The van der Waals surface area contributed by atoms with Crippen molar-refractivity contribution in [3.8, 4) is 5.75 Å². The van der Waals surface area contributed by atoms with Crippen LogP contribution in [0.15, 0.2) is 29.0 Å². The summed E-state index contributed by atoms with van der Waals surface area (Å²) < 4.78 is 0. The van der Waals surface area contributed by atoms with Gasteiger partial charge in [-0.2, -0.15) is 0 Å². The van der Waals surface area contributed by atoms with E-state index in [-0.39, 0.29) is 22.6 Å². The first-order valence-electron chi connectivity index (χ1n) is 9.00. The molecule has 4 atom stereocenters. The van der Waals surface area contributed by atoms with Crippen LogP contribution < -0.4 is 11.5 Å². The Morgan fingerprint density at radius 3 is 2.46 bits per heavy atom. The third-order valence-corrected chi connectivity index (χ3v) is 6.32. The molecular weight excluding hydrogens is 364 g/mol. The molecular formula is C20H20N2O6. The summed E-state index contributed by atoms with van der Waals surface area (Å²) in [5, 5.41) is 31.3. The van der Waals surface area contributed by atoms with Crippen LogP contribution in [0.1, 0.15) is 24.5 Å². The van der Waals surface area contributed by atoms with Crippen LogP contribution in [0.25, 0.3) is 5.76 Å². The van der Waals surface area contributed by atoms with Crippen molar-refractivity contribution in [2.45, 2.75) is 19.8 Å². The second-order valence-electron chi connectivity index (χ2n) is 7.71. The lowest BCUT2D eigenvalue weighted by atomic mass is 9.58. The maximum Gasteiger partial charge on any atom is 0.255 e. The number of carbonyl (C=O) groups is 3. The highest BCUT2D eigenvalue weighted by Crippen LogP contribution is 2.51. The number of phenols is 1. The van der Waals surface area contributed by atoms with E-state index >= 15 is 0 Å². The zero-order valence-corrected chi connectivity index (χ0v) is 15.1. The number of hydrogen-bond donors (Lipinski definition) is 5. The van der Waals surface area contributed by atoms with E-state index in [4.69, 9.17) is 11.5 Å². The molecule has 28 heavy (non-hydrogen) atoms. The van der Waals surface area contributed by atoms with Crippen molar-refractivity contribution >= 4 is 28.9 Å². The van der Waals surface area contributed by atoms with Gasteiger partial charge in [0, 0.05) is 17.2 Å². The van der Waals surface area contributed by atoms with Gasteiger partial charge in [-0.1, -0.05) is 6.92 Å². The molecule has 0 bridgehead atoms. The number of fused-ring (bicyclic) bond motifs is 3. The summed E-state index contributed by atoms with van der Waals surface area (Å²) in [6.45, 7) is 1.64. The van der Waals surface area contributed by atoms with E-state index in [1.54, 1.807) is 6.92 Å². The number of amides is 1. The summed E-state index contributed by atoms with van der Waals surface area (Å²) in [6.07, 6.45) is 0.658. The maximum atomic E-state index is 13.2. The molecule has 1 fully saturated rings. The number of ketones is 2. The highest BCUT2D eigenvalue weighted by atomic mass is 16.3. The lowest BCUT2D eigenvalue weighted by Gasteiger charge is -2.43. The summed E-state index contributed by atoms with van der Waals surface area (Å²) in [5.41, 5.74) is 11.8. The number of anilines is 1. The molecule has 146 valence electrons. The lowest BCUT2D eigenvalue weighted by Crippen LogP contribution is -2.49. The molecule has 0 aromatic heterocycles. The molecule has 1 aromatic rings. The number of aliphatic hydroxyl groups excluding tert-OH is 2. The maximum absolute atomic E-state index is 13.2. The predicted octanol–water partition coefficient (Wildman–Crippen LogP) is 1.14. The first kappa shape index (κ1) is 18.1. The fourth-order valence-corrected chi connectivity index (χ4v) is 4.92. The third-order valence-electron chi connectivity index (χ3n) is 6.32. The number of carbonyl (C=O) groups excluding carboxylic acids is 3. The molecule has 8 heteroatoms. The molecule has 7 N–H and O–H groups in total. The Morgan fingerprint density at radius 2 is 1.82 bits per heavy atom. The molecule has 3 aliphatic carbocycles. The standard InChI is InChI=1S/C20H20N2O6/c1-6-8-4-7-5-9-10(21)2-3-11(23)13(9)17(25)12(7)18(26)14(8)19(27)15(16(6)24)20(22)28/h2-3,6-8,14,23-25H,4-5,21H2,1H3,(H2,22,28)/t6-,7?,8?,14?/m0/s1. The normalized spacial score (nSPS) is 29.3. The molecule has 0 radical (unpaired) electrons. The Balaban J connectivity index is 1.89. The number of nitrogen functional groups attached to an aromatic ring is 1. The van der Waals surface area contributed by atoms with Crippen molar-refractivity contribution < 1.29 is 29.7 Å². The average Bonchev–Trinajstić information content (AvgIpc) is 2.62. The molecule has 1 saturated carbocycles. The number of nitrogens with two attached hydrogens (primary N) is 2. The topological polar surface area (TPSA) is 164 Å². The Bertz CT molecular complexity index is 1020. The quantitative estimate of drug-likeness (QED) is 0.210. The van der Waals surface area contributed by atoms with Crippen LogP contribution in [0, 0.1) is 23.7 Å². The number of allylic oxidation sites excluding steroid dienone is 2. The Kier molecular flexibility index (Phi) is 3.78. The highest BCUT2D eigenvalue weighted by Gasteiger charge is 2.54. The Hall–Kier alpha value is -3.29. The zero-order valence-electron chi connectivity index (χ0n) is 15.1. The van der Waals surface area contributed by atoms with Crippen molar-refractivity contribution in [1.29, 1.82) is 0 Å². The fraction of sp³-hybridized carbons (Fsp3) is 0.350. The molecule has 1 aromatic carbocycles. The van der Waals surface area contributed by atoms with Crippen LogP contribution in [0.4, 0.5) is 5.69 Å². The van der Waals surface area contributed by atoms with Crippen molar-refractivity contribution in [2.75, 3.05) is 5.73 Å². The van der Waals surface area contributed by atoms with E-state index in [1.807, 2.05) is 0 Å². The lowest BCUT2D eigenvalue weighted by molar-refractivity contribution is -0.136. The van der Waals surface area contributed by atoms with Gasteiger partial charge >= 0.3 is 0 Å². The van der Waals surface area contributed by atoms with Crippen LogP contribution in [-0.4, -0.2) is 32.8 Å². The number of rotatable bonds is 1. The number of Topliss-reactive ketones (excluding diaryl/α,β-unsaturated/α-hetero) is 2. The molecule has 0 saturated heterocycles. The van der Waals surface area contributed by atoms with Crippen LogP contribution in [0.3, 0.4) is 0 Å². The van der Waals surface area contributed by atoms with Crippen LogP contribution in [0.5, 0.6) is 5.75 Å². The van der Waals surface area contributed by atoms with Crippen molar-refractivity contribution in [1.82, 2.24) is 0 Å². The first-order chi connectivity index (χ1) is 13.1. The number of primary amides is 1. The molecule has 4 rings (SSSR count). The minimum atomic E-state index is -1.20. The van der Waals surface area contributed by atoms with Crippen LogP contribution in [0.2, 0.25) is 0 Å². The molecule has 0 spiro atoms. The van der Waals surface area contributed by atoms with Gasteiger partial charge in [-0.3, -0.25) is 14.4 Å². The highest BCUT2D eigenvalue weighted by molar-refractivity contribution is 6.28. The SMILES string of the molecule is C[C@@H]1C(O)=C(C(N)=O)C(=O)C2C(=O)C3=C(O)c4c(O)ccc(N)c4CC3CC21. The average molecular weight is 384 g/mol. The molecule has 3 aliphatic rings. The van der Waals surface area contributed by atoms with E-state index < -0.39 is 52.5 Å². The van der Waals surface area contributed by atoms with E-state index in [0.717, 1.165) is 0 Å². The summed E-state index contributed by atoms with van der Waals surface area (Å²) in [7, 11) is 0. The van der Waals surface area contributed by atoms with Crippen molar-refractivity contribution in [2.24, 2.45) is 29.4 Å². The van der Waals surface area contributed by atoms with Gasteiger partial charge < -0.3 is 26.8 Å². The molecule has 0 aliphatic heterocycles. The van der Waals surface area contributed by atoms with Gasteiger partial charge in [0.1, 0.15) is 22.8 Å². The van der Waals surface area contributed by atoms with Gasteiger partial charge in [0.05, 0.1) is 11.5 Å². The van der Waals surface area contributed by atoms with E-state index in [9.17, 15) is 29.7 Å². The summed E-state index contributed by atoms with van der Waals surface area (Å²) in [5.74, 6) is -6.24. The predicted molar refractivity (Wildman–Crippen MR) is 98.9 cm³/mol. The minimum Gasteiger partial charge on any atom is -0.511 e. The summed E-state index contributed by atoms with van der Waals surface area (Å²) in [4.78, 5) is 37.7. The minimum absolute atomic E-state index is 0.0559. The summed E-state index contributed by atoms with van der Waals surface area (Å²) >= 11 is 0. The van der Waals surface area contributed by atoms with Gasteiger partial charge in [0.2, 0.25) is 0 Å². The van der Waals surface area contributed by atoms with Crippen LogP contribution in [-0.2, 0) is 20.8 Å². The second kappa shape index (κ2) is 5.85. The number of aliphatic hydroxyl groups is 2. The molecule has 8 nitrogen and oxygen atoms in total. The van der Waals surface area contributed by atoms with E-state index in [1.165, 1.54) is 12.1 Å². The number of benzene rings is 1. The van der Waals surface area contributed by atoms with Crippen molar-refractivity contribution in [3.05, 3.63) is 40.2 Å². The van der Waals surface area contributed by atoms with Crippen molar-refractivity contribution in [3.63, 3.8) is 0 Å². The largest absolute Gasteiger partial charge is 0.511 e. The van der Waals surface area contributed by atoms with Gasteiger partial charge in [0.15, 0.2) is 11.6 Å². The van der Waals surface area contributed by atoms with Crippen LogP contribution >= 0.6 is 0 Å². The third kappa shape index (κ3) is 2.20. The monoisotopic (exact) mass is 384 g/mol.